The van der Waals surface area contributed by atoms with Crippen LogP contribution < -0.4 is 20.3 Å². The zero-order valence-corrected chi connectivity index (χ0v) is 14.2. The fourth-order valence-electron chi connectivity index (χ4n) is 3.67. The van der Waals surface area contributed by atoms with Crippen LogP contribution in [0.15, 0.2) is 29.2 Å². The summed E-state index contributed by atoms with van der Waals surface area (Å²) in [6.45, 7) is 0.769. The van der Waals surface area contributed by atoms with Crippen molar-refractivity contribution < 1.29 is 9.47 Å². The van der Waals surface area contributed by atoms with Gasteiger partial charge >= 0.3 is 0 Å². The van der Waals surface area contributed by atoms with Crippen molar-refractivity contribution in [1.29, 1.82) is 0 Å². The Hall–Kier alpha value is -3.03. The van der Waals surface area contributed by atoms with Crippen LogP contribution in [-0.4, -0.2) is 26.5 Å². The number of ether oxygens (including phenoxy) is 2. The predicted molar refractivity (Wildman–Crippen MR) is 95.5 cm³/mol. The fraction of sp³-hybridized carbons (Fsp3) is 0.389. The van der Waals surface area contributed by atoms with Crippen LogP contribution in [0.2, 0.25) is 0 Å². The van der Waals surface area contributed by atoms with E-state index >= 15 is 0 Å². The van der Waals surface area contributed by atoms with Crippen molar-refractivity contribution in [3.63, 3.8) is 0 Å². The quantitative estimate of drug-likeness (QED) is 0.749. The van der Waals surface area contributed by atoms with Gasteiger partial charge < -0.3 is 14.8 Å². The maximum atomic E-state index is 12.4. The topological polar surface area (TPSA) is 94.1 Å². The Morgan fingerprint density at radius 2 is 2.08 bits per heavy atom. The highest BCUT2D eigenvalue weighted by Gasteiger charge is 2.21. The van der Waals surface area contributed by atoms with E-state index in [1.165, 1.54) is 12.8 Å². The molecule has 1 aliphatic carbocycles. The number of hydrogen-bond donors (Lipinski definition) is 2. The van der Waals surface area contributed by atoms with Crippen LogP contribution in [0, 0.1) is 0 Å². The number of hydrogen-bond acceptors (Lipinski definition) is 6. The summed E-state index contributed by atoms with van der Waals surface area (Å²) < 4.78 is 12.6. The van der Waals surface area contributed by atoms with Crippen LogP contribution in [0.4, 0.5) is 5.95 Å². The largest absolute Gasteiger partial charge is 0.454 e. The highest BCUT2D eigenvalue weighted by Crippen LogP contribution is 2.33. The molecule has 0 unspecified atom stereocenters. The molecule has 26 heavy (non-hydrogen) atoms. The molecule has 8 heteroatoms. The molecular weight excluding hydrogens is 334 g/mol. The van der Waals surface area contributed by atoms with Crippen LogP contribution >= 0.6 is 0 Å². The zero-order valence-electron chi connectivity index (χ0n) is 14.2. The molecule has 1 saturated carbocycles. The maximum absolute atomic E-state index is 12.4. The molecule has 0 saturated heterocycles. The summed E-state index contributed by atoms with van der Waals surface area (Å²) in [6, 6.07) is 6.10. The minimum atomic E-state index is -0.174. The number of fused-ring (bicyclic) bond motifs is 2. The van der Waals surface area contributed by atoms with Crippen LogP contribution in [0.5, 0.6) is 11.5 Å². The van der Waals surface area contributed by atoms with Gasteiger partial charge in [0.25, 0.3) is 5.56 Å². The normalized spacial score (nSPS) is 16.5. The average molecular weight is 353 g/mol. The Balaban J connectivity index is 1.41. The standard InChI is InChI=1S/C18H19N5O3/c24-17-13-9-20-23(12-3-1-2-4-12)16(13)21-18(22-17)19-8-11-5-6-14-15(7-11)26-10-25-14/h5-7,9,12H,1-4,8,10H2,(H2,19,21,22,24). The summed E-state index contributed by atoms with van der Waals surface area (Å²) >= 11 is 0. The molecule has 0 radical (unpaired) electrons. The van der Waals surface area contributed by atoms with Crippen molar-refractivity contribution in [2.24, 2.45) is 0 Å². The van der Waals surface area contributed by atoms with E-state index < -0.39 is 0 Å². The Bertz CT molecular complexity index is 1020. The SMILES string of the molecule is O=c1[nH]c(NCc2ccc3c(c2)OCO3)nc2c1cnn2C1CCCC1. The second-order valence-corrected chi connectivity index (χ2v) is 6.72. The lowest BCUT2D eigenvalue weighted by Crippen LogP contribution is -2.15. The lowest BCUT2D eigenvalue weighted by molar-refractivity contribution is 0.174. The van der Waals surface area contributed by atoms with E-state index in [1.807, 2.05) is 22.9 Å². The summed E-state index contributed by atoms with van der Waals surface area (Å²) in [6.07, 6.45) is 6.19. The molecular formula is C18H19N5O3. The van der Waals surface area contributed by atoms with E-state index in [0.717, 1.165) is 29.9 Å². The smallest absolute Gasteiger partial charge is 0.263 e. The van der Waals surface area contributed by atoms with Crippen molar-refractivity contribution >= 4 is 17.0 Å². The van der Waals surface area contributed by atoms with Gasteiger partial charge in [-0.05, 0) is 30.5 Å². The van der Waals surface area contributed by atoms with Gasteiger partial charge in [0.1, 0.15) is 5.39 Å². The molecule has 2 N–H and O–H groups in total. The number of rotatable bonds is 4. The Morgan fingerprint density at radius 1 is 1.23 bits per heavy atom. The van der Waals surface area contributed by atoms with Gasteiger partial charge in [-0.15, -0.1) is 0 Å². The Morgan fingerprint density at radius 3 is 2.96 bits per heavy atom. The van der Waals surface area contributed by atoms with Gasteiger partial charge in [-0.2, -0.15) is 10.1 Å². The van der Waals surface area contributed by atoms with E-state index in [0.29, 0.717) is 29.6 Å². The Labute approximate surface area is 149 Å². The zero-order chi connectivity index (χ0) is 17.5. The molecule has 1 fully saturated rings. The van der Waals surface area contributed by atoms with Crippen LogP contribution in [0.3, 0.4) is 0 Å². The van der Waals surface area contributed by atoms with Crippen molar-refractivity contribution in [2.75, 3.05) is 12.1 Å². The molecule has 8 nitrogen and oxygen atoms in total. The van der Waals surface area contributed by atoms with Gasteiger partial charge in [-0.1, -0.05) is 18.9 Å². The molecule has 0 bridgehead atoms. The monoisotopic (exact) mass is 353 g/mol. The molecule has 5 rings (SSSR count). The Kier molecular flexibility index (Phi) is 3.55. The van der Waals surface area contributed by atoms with Crippen molar-refractivity contribution in [2.45, 2.75) is 38.3 Å². The second-order valence-electron chi connectivity index (χ2n) is 6.72. The van der Waals surface area contributed by atoms with Gasteiger partial charge in [0, 0.05) is 6.54 Å². The van der Waals surface area contributed by atoms with E-state index in [1.54, 1.807) is 6.20 Å². The summed E-state index contributed by atoms with van der Waals surface area (Å²) in [5, 5.41) is 8.13. The van der Waals surface area contributed by atoms with Gasteiger partial charge in [-0.3, -0.25) is 9.78 Å². The highest BCUT2D eigenvalue weighted by atomic mass is 16.7. The van der Waals surface area contributed by atoms with Crippen molar-refractivity contribution in [3.8, 4) is 11.5 Å². The van der Waals surface area contributed by atoms with E-state index in [4.69, 9.17) is 9.47 Å². The molecule has 1 aromatic carbocycles. The first-order valence-corrected chi connectivity index (χ1v) is 8.88. The van der Waals surface area contributed by atoms with Gasteiger partial charge in [0.2, 0.25) is 12.7 Å². The molecule has 0 amide bonds. The van der Waals surface area contributed by atoms with E-state index in [2.05, 4.69) is 20.4 Å². The first-order chi connectivity index (χ1) is 12.8. The summed E-state index contributed by atoms with van der Waals surface area (Å²) in [5.74, 6) is 1.93. The first-order valence-electron chi connectivity index (χ1n) is 8.88. The van der Waals surface area contributed by atoms with E-state index in [9.17, 15) is 4.79 Å². The average Bonchev–Trinajstić information content (AvgIpc) is 3.38. The highest BCUT2D eigenvalue weighted by molar-refractivity contribution is 5.74. The number of H-pyrrole nitrogens is 1. The number of nitrogens with zero attached hydrogens (tertiary/aromatic N) is 3. The minimum Gasteiger partial charge on any atom is -0.454 e. The molecule has 3 heterocycles. The third-order valence-corrected chi connectivity index (χ3v) is 5.03. The number of aromatic amines is 1. The molecule has 0 atom stereocenters. The number of anilines is 1. The van der Waals surface area contributed by atoms with Crippen LogP contribution in [0.25, 0.3) is 11.0 Å². The van der Waals surface area contributed by atoms with Gasteiger partial charge in [-0.25, -0.2) is 4.68 Å². The third-order valence-electron chi connectivity index (χ3n) is 5.03. The number of nitrogens with one attached hydrogen (secondary N) is 2. The third kappa shape index (κ3) is 2.58. The van der Waals surface area contributed by atoms with Crippen LogP contribution in [-0.2, 0) is 6.54 Å². The van der Waals surface area contributed by atoms with E-state index in [-0.39, 0.29) is 12.4 Å². The molecule has 134 valence electrons. The molecule has 3 aromatic rings. The lowest BCUT2D eigenvalue weighted by atomic mass is 10.2. The number of benzene rings is 1. The maximum Gasteiger partial charge on any atom is 0.263 e. The van der Waals surface area contributed by atoms with Gasteiger partial charge in [0.05, 0.1) is 12.2 Å². The minimum absolute atomic E-state index is 0.174. The molecule has 2 aromatic heterocycles. The van der Waals surface area contributed by atoms with Crippen LogP contribution in [0.1, 0.15) is 37.3 Å². The van der Waals surface area contributed by atoms with Gasteiger partial charge in [0.15, 0.2) is 17.1 Å². The summed E-state index contributed by atoms with van der Waals surface area (Å²) in [7, 11) is 0. The molecule has 1 aliphatic heterocycles. The predicted octanol–water partition coefficient (Wildman–Crippen LogP) is 2.58. The van der Waals surface area contributed by atoms with Crippen molar-refractivity contribution in [1.82, 2.24) is 19.7 Å². The summed E-state index contributed by atoms with van der Waals surface area (Å²) in [5.41, 5.74) is 1.49. The summed E-state index contributed by atoms with van der Waals surface area (Å²) in [4.78, 5) is 19.8. The fourth-order valence-corrected chi connectivity index (χ4v) is 3.67. The first kappa shape index (κ1) is 15.2. The van der Waals surface area contributed by atoms with Crippen molar-refractivity contribution in [3.05, 3.63) is 40.3 Å². The molecule has 0 spiro atoms. The number of aromatic nitrogens is 4. The second kappa shape index (κ2) is 6.05. The lowest BCUT2D eigenvalue weighted by Gasteiger charge is -2.11. The molecule has 2 aliphatic rings.